The van der Waals surface area contributed by atoms with Crippen molar-refractivity contribution in [3.8, 4) is 0 Å². The molecule has 0 saturated heterocycles. The molecule has 1 aromatic heterocycles. The highest BCUT2D eigenvalue weighted by atomic mass is 16.1. The number of carbonyl (C=O) groups excluding carboxylic acids is 1. The van der Waals surface area contributed by atoms with E-state index in [1.165, 1.54) is 5.56 Å². The summed E-state index contributed by atoms with van der Waals surface area (Å²) in [5.74, 6) is -0.105. The Kier molecular flexibility index (Phi) is 6.98. The summed E-state index contributed by atoms with van der Waals surface area (Å²) in [5, 5.41) is 7.27. The number of carbonyl (C=O) groups is 1. The van der Waals surface area contributed by atoms with Crippen molar-refractivity contribution in [2.24, 2.45) is 0 Å². The number of nitrogens with one attached hydrogen (secondary N) is 1. The molecule has 146 valence electrons. The minimum atomic E-state index is -0.105. The molecule has 2 aromatic carbocycles. The van der Waals surface area contributed by atoms with Crippen LogP contribution >= 0.6 is 0 Å². The normalized spacial score (nSPS) is 11.0. The first-order valence-electron chi connectivity index (χ1n) is 9.82. The van der Waals surface area contributed by atoms with Crippen LogP contribution in [-0.4, -0.2) is 33.7 Å². The first-order chi connectivity index (χ1) is 13.7. The molecule has 0 saturated carbocycles. The van der Waals surface area contributed by atoms with Gasteiger partial charge in [-0.05, 0) is 29.8 Å². The maximum absolute atomic E-state index is 12.4. The maximum Gasteiger partial charge on any atom is 0.254 e. The van der Waals surface area contributed by atoms with Gasteiger partial charge in [-0.3, -0.25) is 14.4 Å². The minimum absolute atomic E-state index is 0.105. The number of aromatic nitrogens is 2. The molecule has 3 rings (SSSR count). The smallest absolute Gasteiger partial charge is 0.254 e. The summed E-state index contributed by atoms with van der Waals surface area (Å²) in [5.41, 5.74) is 4.12. The number of benzene rings is 2. The van der Waals surface area contributed by atoms with Crippen molar-refractivity contribution >= 4 is 5.91 Å². The van der Waals surface area contributed by atoms with E-state index in [0.29, 0.717) is 18.7 Å². The Hall–Kier alpha value is -2.92. The molecule has 0 unspecified atom stereocenters. The lowest BCUT2D eigenvalue weighted by molar-refractivity contribution is 0.0951. The fourth-order valence-electron chi connectivity index (χ4n) is 3.09. The van der Waals surface area contributed by atoms with Crippen molar-refractivity contribution in [3.05, 3.63) is 89.2 Å². The van der Waals surface area contributed by atoms with Gasteiger partial charge in [-0.2, -0.15) is 5.10 Å². The van der Waals surface area contributed by atoms with E-state index in [2.05, 4.69) is 53.4 Å². The number of hydrogen-bond donors (Lipinski definition) is 1. The quantitative estimate of drug-likeness (QED) is 0.619. The standard InChI is InChI=1S/C23H28N4O/c1-3-26(4-2)16-21-12-10-19(11-13-21)14-24-23(28)22-15-25-27(18-22)17-20-8-6-5-7-9-20/h5-13,15,18H,3-4,14,16-17H2,1-2H3,(H,24,28). The predicted molar refractivity (Wildman–Crippen MR) is 112 cm³/mol. The van der Waals surface area contributed by atoms with Crippen molar-refractivity contribution in [2.45, 2.75) is 33.5 Å². The van der Waals surface area contributed by atoms with Crippen LogP contribution < -0.4 is 5.32 Å². The van der Waals surface area contributed by atoms with E-state index in [1.54, 1.807) is 17.1 Å². The van der Waals surface area contributed by atoms with Crippen molar-refractivity contribution in [1.82, 2.24) is 20.0 Å². The van der Waals surface area contributed by atoms with E-state index in [9.17, 15) is 4.79 Å². The lowest BCUT2D eigenvalue weighted by Crippen LogP contribution is -2.23. The van der Waals surface area contributed by atoms with E-state index >= 15 is 0 Å². The zero-order valence-corrected chi connectivity index (χ0v) is 16.6. The van der Waals surface area contributed by atoms with Crippen molar-refractivity contribution < 1.29 is 4.79 Å². The van der Waals surface area contributed by atoms with Gasteiger partial charge < -0.3 is 5.32 Å². The van der Waals surface area contributed by atoms with E-state index in [0.717, 1.165) is 30.8 Å². The molecule has 0 aliphatic heterocycles. The molecule has 28 heavy (non-hydrogen) atoms. The third-order valence-electron chi connectivity index (χ3n) is 4.86. The van der Waals surface area contributed by atoms with Gasteiger partial charge in [-0.15, -0.1) is 0 Å². The summed E-state index contributed by atoms with van der Waals surface area (Å²) < 4.78 is 1.78. The number of hydrogen-bond acceptors (Lipinski definition) is 3. The first-order valence-corrected chi connectivity index (χ1v) is 9.82. The summed E-state index contributed by atoms with van der Waals surface area (Å²) in [4.78, 5) is 14.8. The molecule has 1 N–H and O–H groups in total. The Balaban J connectivity index is 1.51. The molecule has 0 aliphatic rings. The topological polar surface area (TPSA) is 50.2 Å². The van der Waals surface area contributed by atoms with Crippen LogP contribution in [0.15, 0.2) is 67.0 Å². The van der Waals surface area contributed by atoms with E-state index in [-0.39, 0.29) is 5.91 Å². The van der Waals surface area contributed by atoms with Crippen molar-refractivity contribution in [2.75, 3.05) is 13.1 Å². The van der Waals surface area contributed by atoms with E-state index in [4.69, 9.17) is 0 Å². The Bertz CT molecular complexity index is 867. The molecule has 0 spiro atoms. The van der Waals surface area contributed by atoms with Gasteiger partial charge in [0.2, 0.25) is 0 Å². The summed E-state index contributed by atoms with van der Waals surface area (Å²) in [6.07, 6.45) is 3.40. The van der Waals surface area contributed by atoms with Gasteiger partial charge >= 0.3 is 0 Å². The zero-order chi connectivity index (χ0) is 19.8. The average Bonchev–Trinajstić information content (AvgIpc) is 3.20. The lowest BCUT2D eigenvalue weighted by atomic mass is 10.1. The molecular weight excluding hydrogens is 348 g/mol. The average molecular weight is 377 g/mol. The molecule has 0 radical (unpaired) electrons. The molecule has 0 fully saturated rings. The molecule has 1 amide bonds. The molecule has 5 nitrogen and oxygen atoms in total. The minimum Gasteiger partial charge on any atom is -0.348 e. The fraction of sp³-hybridized carbons (Fsp3) is 0.304. The first kappa shape index (κ1) is 19.8. The lowest BCUT2D eigenvalue weighted by Gasteiger charge is -2.18. The summed E-state index contributed by atoms with van der Waals surface area (Å²) >= 11 is 0. The highest BCUT2D eigenvalue weighted by Gasteiger charge is 2.09. The highest BCUT2D eigenvalue weighted by Crippen LogP contribution is 2.08. The Labute approximate surface area is 167 Å². The molecule has 3 aromatic rings. The molecule has 5 heteroatoms. The maximum atomic E-state index is 12.4. The van der Waals surface area contributed by atoms with Crippen LogP contribution in [0.25, 0.3) is 0 Å². The zero-order valence-electron chi connectivity index (χ0n) is 16.6. The van der Waals surface area contributed by atoms with Crippen LogP contribution in [0.1, 0.15) is 40.9 Å². The van der Waals surface area contributed by atoms with Crippen LogP contribution in [0, 0.1) is 0 Å². The second kappa shape index (κ2) is 9.85. The molecule has 0 aliphatic carbocycles. The van der Waals surface area contributed by atoms with E-state index < -0.39 is 0 Å². The van der Waals surface area contributed by atoms with Crippen LogP contribution in [-0.2, 0) is 19.6 Å². The second-order valence-electron chi connectivity index (χ2n) is 6.87. The second-order valence-corrected chi connectivity index (χ2v) is 6.87. The summed E-state index contributed by atoms with van der Waals surface area (Å²) in [7, 11) is 0. The summed E-state index contributed by atoms with van der Waals surface area (Å²) in [6.45, 7) is 8.57. The third kappa shape index (κ3) is 5.54. The third-order valence-corrected chi connectivity index (χ3v) is 4.86. The molecule has 1 heterocycles. The Morgan fingerprint density at radius 3 is 2.32 bits per heavy atom. The fourth-order valence-corrected chi connectivity index (χ4v) is 3.09. The Morgan fingerprint density at radius 1 is 0.964 bits per heavy atom. The summed E-state index contributed by atoms with van der Waals surface area (Å²) in [6, 6.07) is 18.5. The molecule has 0 bridgehead atoms. The van der Waals surface area contributed by atoms with Crippen molar-refractivity contribution in [1.29, 1.82) is 0 Å². The van der Waals surface area contributed by atoms with Gasteiger partial charge in [0.15, 0.2) is 0 Å². The van der Waals surface area contributed by atoms with Gasteiger partial charge in [0.25, 0.3) is 5.91 Å². The largest absolute Gasteiger partial charge is 0.348 e. The monoisotopic (exact) mass is 376 g/mol. The van der Waals surface area contributed by atoms with Crippen LogP contribution in [0.5, 0.6) is 0 Å². The van der Waals surface area contributed by atoms with Crippen molar-refractivity contribution in [3.63, 3.8) is 0 Å². The molecular formula is C23H28N4O. The number of amides is 1. The van der Waals surface area contributed by atoms with Gasteiger partial charge in [-0.25, -0.2) is 0 Å². The van der Waals surface area contributed by atoms with Gasteiger partial charge in [0.1, 0.15) is 0 Å². The number of rotatable bonds is 9. The number of nitrogens with zero attached hydrogens (tertiary/aromatic N) is 3. The predicted octanol–water partition coefficient (Wildman–Crippen LogP) is 3.70. The van der Waals surface area contributed by atoms with Crippen LogP contribution in [0.4, 0.5) is 0 Å². The Morgan fingerprint density at radius 2 is 1.64 bits per heavy atom. The molecule has 0 atom stereocenters. The van der Waals surface area contributed by atoms with Crippen LogP contribution in [0.3, 0.4) is 0 Å². The van der Waals surface area contributed by atoms with E-state index in [1.807, 2.05) is 30.3 Å². The van der Waals surface area contributed by atoms with Gasteiger partial charge in [0.05, 0.1) is 18.3 Å². The highest BCUT2D eigenvalue weighted by molar-refractivity contribution is 5.93. The SMILES string of the molecule is CCN(CC)Cc1ccc(CNC(=O)c2cnn(Cc3ccccc3)c2)cc1. The van der Waals surface area contributed by atoms with Gasteiger partial charge in [-0.1, -0.05) is 68.4 Å². The van der Waals surface area contributed by atoms with Crippen LogP contribution in [0.2, 0.25) is 0 Å². The van der Waals surface area contributed by atoms with Gasteiger partial charge in [0, 0.05) is 19.3 Å².